The van der Waals surface area contributed by atoms with Crippen molar-refractivity contribution in [3.63, 3.8) is 0 Å². The van der Waals surface area contributed by atoms with Gasteiger partial charge in [-0.1, -0.05) is 30.3 Å². The first-order valence-corrected chi connectivity index (χ1v) is 10.0. The molecule has 0 atom stereocenters. The summed E-state index contributed by atoms with van der Waals surface area (Å²) in [5.74, 6) is -0.198. The molecule has 3 amide bonds. The van der Waals surface area contributed by atoms with Crippen molar-refractivity contribution >= 4 is 40.6 Å². The molecule has 6 nitrogen and oxygen atoms in total. The van der Waals surface area contributed by atoms with Crippen LogP contribution in [-0.4, -0.2) is 35.1 Å². The minimum absolute atomic E-state index is 0.281. The predicted octanol–water partition coefficient (Wildman–Crippen LogP) is 4.38. The summed E-state index contributed by atoms with van der Waals surface area (Å²) in [5.41, 5.74) is 3.29. The Morgan fingerprint density at radius 2 is 1.83 bits per heavy atom. The maximum absolute atomic E-state index is 12.7. The lowest BCUT2D eigenvalue weighted by Gasteiger charge is -2.15. The standard InChI is InChI=1S/C22H22N2O4S/c1-4-28-17-10-6-9-16(11-17)12-18-21(26)24(22(27)29-18)13-19(25)23-20-14(2)7-5-8-15(20)3/h5-12H,4,13H2,1-3H3,(H,23,25)/b18-12-. The van der Waals surface area contributed by atoms with E-state index in [2.05, 4.69) is 5.32 Å². The molecular weight excluding hydrogens is 388 g/mol. The number of anilines is 1. The normalized spacial score (nSPS) is 15.1. The van der Waals surface area contributed by atoms with Gasteiger partial charge in [-0.3, -0.25) is 19.3 Å². The highest BCUT2D eigenvalue weighted by atomic mass is 32.2. The van der Waals surface area contributed by atoms with E-state index in [1.807, 2.05) is 57.2 Å². The number of amides is 3. The first-order valence-electron chi connectivity index (χ1n) is 9.23. The Morgan fingerprint density at radius 3 is 2.52 bits per heavy atom. The number of rotatable bonds is 6. The SMILES string of the molecule is CCOc1cccc(/C=C2\SC(=O)N(CC(=O)Nc3c(C)cccc3C)C2=O)c1. The first kappa shape index (κ1) is 20.7. The van der Waals surface area contributed by atoms with Gasteiger partial charge >= 0.3 is 0 Å². The van der Waals surface area contributed by atoms with Crippen LogP contribution in [0.5, 0.6) is 5.75 Å². The maximum Gasteiger partial charge on any atom is 0.294 e. The highest BCUT2D eigenvalue weighted by Gasteiger charge is 2.36. The van der Waals surface area contributed by atoms with Gasteiger partial charge < -0.3 is 10.1 Å². The fourth-order valence-electron chi connectivity index (χ4n) is 2.98. The van der Waals surface area contributed by atoms with E-state index in [1.165, 1.54) is 0 Å². The van der Waals surface area contributed by atoms with Crippen LogP contribution in [0.2, 0.25) is 0 Å². The molecule has 7 heteroatoms. The molecule has 0 aliphatic carbocycles. The van der Waals surface area contributed by atoms with Gasteiger partial charge in [-0.25, -0.2) is 0 Å². The molecule has 1 fully saturated rings. The van der Waals surface area contributed by atoms with Crippen molar-refractivity contribution in [2.75, 3.05) is 18.5 Å². The summed E-state index contributed by atoms with van der Waals surface area (Å²) in [6.07, 6.45) is 1.64. The third kappa shape index (κ3) is 4.86. The van der Waals surface area contributed by atoms with Gasteiger partial charge in [0, 0.05) is 5.69 Å². The molecule has 1 saturated heterocycles. The summed E-state index contributed by atoms with van der Waals surface area (Å²) in [7, 11) is 0. The average molecular weight is 410 g/mol. The lowest BCUT2D eigenvalue weighted by Crippen LogP contribution is -2.36. The molecule has 1 aliphatic heterocycles. The van der Waals surface area contributed by atoms with Crippen LogP contribution in [0.15, 0.2) is 47.4 Å². The molecule has 150 valence electrons. The van der Waals surface area contributed by atoms with Crippen LogP contribution in [-0.2, 0) is 9.59 Å². The highest BCUT2D eigenvalue weighted by molar-refractivity contribution is 8.18. The number of ether oxygens (including phenoxy) is 1. The van der Waals surface area contributed by atoms with Gasteiger partial charge in [0.2, 0.25) is 5.91 Å². The molecule has 29 heavy (non-hydrogen) atoms. The van der Waals surface area contributed by atoms with Gasteiger partial charge in [0.15, 0.2) is 0 Å². The third-order valence-electron chi connectivity index (χ3n) is 4.39. The van der Waals surface area contributed by atoms with E-state index in [1.54, 1.807) is 12.1 Å². The van der Waals surface area contributed by atoms with Gasteiger partial charge in [0.25, 0.3) is 11.1 Å². The zero-order valence-corrected chi connectivity index (χ0v) is 17.3. The van der Waals surface area contributed by atoms with Crippen molar-refractivity contribution in [2.45, 2.75) is 20.8 Å². The molecule has 0 radical (unpaired) electrons. The van der Waals surface area contributed by atoms with Crippen LogP contribution in [0.25, 0.3) is 6.08 Å². The van der Waals surface area contributed by atoms with Crippen LogP contribution in [0.4, 0.5) is 10.5 Å². The molecule has 0 spiro atoms. The van der Waals surface area contributed by atoms with E-state index < -0.39 is 17.1 Å². The van der Waals surface area contributed by atoms with Gasteiger partial charge in [-0.05, 0) is 67.4 Å². The second-order valence-electron chi connectivity index (χ2n) is 6.59. The van der Waals surface area contributed by atoms with Crippen molar-refractivity contribution in [1.82, 2.24) is 4.90 Å². The van der Waals surface area contributed by atoms with Crippen molar-refractivity contribution in [2.24, 2.45) is 0 Å². The number of imide groups is 1. The van der Waals surface area contributed by atoms with Crippen LogP contribution in [0, 0.1) is 13.8 Å². The zero-order valence-electron chi connectivity index (χ0n) is 16.5. The lowest BCUT2D eigenvalue weighted by atomic mass is 10.1. The molecule has 1 aliphatic rings. The molecule has 0 unspecified atom stereocenters. The Morgan fingerprint density at radius 1 is 1.14 bits per heavy atom. The van der Waals surface area contributed by atoms with Crippen LogP contribution in [0.1, 0.15) is 23.6 Å². The molecule has 0 aromatic heterocycles. The fraction of sp³-hybridized carbons (Fsp3) is 0.227. The molecule has 2 aromatic rings. The highest BCUT2D eigenvalue weighted by Crippen LogP contribution is 2.32. The molecule has 0 saturated carbocycles. The van der Waals surface area contributed by atoms with Gasteiger partial charge in [0.05, 0.1) is 11.5 Å². The van der Waals surface area contributed by atoms with E-state index in [9.17, 15) is 14.4 Å². The summed E-state index contributed by atoms with van der Waals surface area (Å²) in [6.45, 7) is 5.88. The zero-order chi connectivity index (χ0) is 21.0. The van der Waals surface area contributed by atoms with Crippen LogP contribution >= 0.6 is 11.8 Å². The van der Waals surface area contributed by atoms with Gasteiger partial charge in [-0.15, -0.1) is 0 Å². The second kappa shape index (κ2) is 8.96. The molecule has 0 bridgehead atoms. The monoisotopic (exact) mass is 410 g/mol. The summed E-state index contributed by atoms with van der Waals surface area (Å²) in [4.78, 5) is 38.6. The smallest absolute Gasteiger partial charge is 0.294 e. The predicted molar refractivity (Wildman–Crippen MR) is 115 cm³/mol. The van der Waals surface area contributed by atoms with E-state index in [-0.39, 0.29) is 11.4 Å². The van der Waals surface area contributed by atoms with Gasteiger partial charge in [0.1, 0.15) is 12.3 Å². The van der Waals surface area contributed by atoms with E-state index in [0.717, 1.165) is 33.4 Å². The number of nitrogens with one attached hydrogen (secondary N) is 1. The number of benzene rings is 2. The fourth-order valence-corrected chi connectivity index (χ4v) is 3.82. The lowest BCUT2D eigenvalue weighted by molar-refractivity contribution is -0.127. The Bertz CT molecular complexity index is 980. The minimum Gasteiger partial charge on any atom is -0.494 e. The Hall–Kier alpha value is -3.06. The summed E-state index contributed by atoms with van der Waals surface area (Å²) in [6, 6.07) is 12.9. The Labute approximate surface area is 173 Å². The van der Waals surface area contributed by atoms with Crippen molar-refractivity contribution in [1.29, 1.82) is 0 Å². The number of nitrogens with zero attached hydrogens (tertiary/aromatic N) is 1. The molecule has 1 N–H and O–H groups in total. The van der Waals surface area contributed by atoms with E-state index in [0.29, 0.717) is 18.0 Å². The number of para-hydroxylation sites is 1. The number of hydrogen-bond donors (Lipinski definition) is 1. The van der Waals surface area contributed by atoms with E-state index in [4.69, 9.17) is 4.74 Å². The van der Waals surface area contributed by atoms with Gasteiger partial charge in [-0.2, -0.15) is 0 Å². The van der Waals surface area contributed by atoms with Crippen molar-refractivity contribution < 1.29 is 19.1 Å². The topological polar surface area (TPSA) is 75.7 Å². The number of thioether (sulfide) groups is 1. The number of hydrogen-bond acceptors (Lipinski definition) is 5. The maximum atomic E-state index is 12.7. The third-order valence-corrected chi connectivity index (χ3v) is 5.30. The van der Waals surface area contributed by atoms with E-state index >= 15 is 0 Å². The quantitative estimate of drug-likeness (QED) is 0.716. The molecule has 1 heterocycles. The minimum atomic E-state index is -0.474. The largest absolute Gasteiger partial charge is 0.494 e. The number of carbonyl (C=O) groups excluding carboxylic acids is 3. The molecule has 3 rings (SSSR count). The summed E-state index contributed by atoms with van der Waals surface area (Å²) < 4.78 is 5.46. The van der Waals surface area contributed by atoms with Crippen LogP contribution < -0.4 is 10.1 Å². The Kier molecular flexibility index (Phi) is 6.39. The van der Waals surface area contributed by atoms with Crippen molar-refractivity contribution in [3.8, 4) is 5.75 Å². The first-order chi connectivity index (χ1) is 13.9. The number of carbonyl (C=O) groups is 3. The average Bonchev–Trinajstić information content (AvgIpc) is 2.93. The summed E-state index contributed by atoms with van der Waals surface area (Å²) in [5, 5.41) is 2.34. The summed E-state index contributed by atoms with van der Waals surface area (Å²) >= 11 is 0.828. The Balaban J connectivity index is 1.72. The molecular formula is C22H22N2O4S. The molecule has 2 aromatic carbocycles. The van der Waals surface area contributed by atoms with Crippen molar-refractivity contribution in [3.05, 3.63) is 64.1 Å². The number of aryl methyl sites for hydroxylation is 2. The van der Waals surface area contributed by atoms with Crippen LogP contribution in [0.3, 0.4) is 0 Å². The second-order valence-corrected chi connectivity index (χ2v) is 7.58.